The summed E-state index contributed by atoms with van der Waals surface area (Å²) in [4.78, 5) is 9.49. The van der Waals surface area contributed by atoms with E-state index >= 15 is 0 Å². The minimum absolute atomic E-state index is 0.00640. The normalized spacial score (nSPS) is 12.7. The van der Waals surface area contributed by atoms with E-state index in [1.54, 1.807) is 0 Å². The second kappa shape index (κ2) is 9.67. The van der Waals surface area contributed by atoms with Crippen molar-refractivity contribution in [2.24, 2.45) is 0 Å². The van der Waals surface area contributed by atoms with Crippen molar-refractivity contribution >= 4 is 49.1 Å². The van der Waals surface area contributed by atoms with Gasteiger partial charge >= 0.3 is 0 Å². The van der Waals surface area contributed by atoms with Crippen LogP contribution in [0.15, 0.2) is 110 Å². The van der Waals surface area contributed by atoms with Gasteiger partial charge in [0.1, 0.15) is 23.0 Å². The first-order valence-corrected chi connectivity index (χ1v) is 15.6. The highest BCUT2D eigenvalue weighted by atomic mass is 16.5. The van der Waals surface area contributed by atoms with Crippen molar-refractivity contribution in [1.82, 2.24) is 18.9 Å². The zero-order valence-corrected chi connectivity index (χ0v) is 26.6. The molecule has 4 aromatic carbocycles. The van der Waals surface area contributed by atoms with Gasteiger partial charge in [0.25, 0.3) is 0 Å². The van der Waals surface area contributed by atoms with Gasteiger partial charge in [-0.1, -0.05) is 71.9 Å². The highest BCUT2D eigenvalue weighted by Gasteiger charge is 2.29. The molecule has 0 aliphatic carbocycles. The number of benzene rings is 4. The van der Waals surface area contributed by atoms with Crippen molar-refractivity contribution in [3.8, 4) is 17.3 Å². The summed E-state index contributed by atoms with van der Waals surface area (Å²) in [6.07, 6.45) is 5.79. The average molecular weight is 589 g/mol. The molecule has 8 rings (SSSR count). The molecule has 0 aliphatic rings. The van der Waals surface area contributed by atoms with E-state index in [0.29, 0.717) is 0 Å². The van der Waals surface area contributed by atoms with E-state index in [1.807, 2.05) is 30.6 Å². The number of pyridine rings is 2. The molecule has 0 radical (unpaired) electrons. The Kier molecular flexibility index (Phi) is 5.89. The van der Waals surface area contributed by atoms with E-state index in [2.05, 4.69) is 134 Å². The molecule has 0 bridgehead atoms. The average Bonchev–Trinajstić information content (AvgIpc) is 3.63. The zero-order chi connectivity index (χ0) is 31.1. The third kappa shape index (κ3) is 4.29. The van der Waals surface area contributed by atoms with Crippen molar-refractivity contribution in [1.29, 1.82) is 0 Å². The number of fused-ring (bicyclic) bond motifs is 9. The molecule has 0 fully saturated rings. The van der Waals surface area contributed by atoms with Gasteiger partial charge in [-0.25, -0.2) is 9.97 Å². The maximum Gasteiger partial charge on any atom is 0.145 e. The molecule has 0 amide bonds. The summed E-state index contributed by atoms with van der Waals surface area (Å²) in [6, 6.07) is 31.8. The fraction of sp³-hybridized carbons (Fsp3) is 0.200. The first kappa shape index (κ1) is 27.4. The molecule has 4 aromatic heterocycles. The Bertz CT molecular complexity index is 2420. The second-order valence-corrected chi connectivity index (χ2v) is 14.0. The van der Waals surface area contributed by atoms with Crippen LogP contribution in [-0.2, 0) is 10.8 Å². The van der Waals surface area contributed by atoms with Gasteiger partial charge in [-0.2, -0.15) is 0 Å². The van der Waals surface area contributed by atoms with Crippen LogP contribution in [0.25, 0.3) is 54.9 Å². The Hall–Kier alpha value is -5.16. The summed E-state index contributed by atoms with van der Waals surface area (Å²) in [5, 5.41) is 5.90. The molecule has 0 aliphatic heterocycles. The number of nitrogens with zero attached hydrogens (tertiary/aromatic N) is 4. The number of hydrogen-bond donors (Lipinski definition) is 0. The Labute approximate surface area is 262 Å². The van der Waals surface area contributed by atoms with Gasteiger partial charge in [0, 0.05) is 46.2 Å². The summed E-state index contributed by atoms with van der Waals surface area (Å²) >= 11 is 0. The van der Waals surface area contributed by atoms with Crippen LogP contribution in [0.2, 0.25) is 0 Å². The number of ether oxygens (including phenoxy) is 1. The van der Waals surface area contributed by atoms with Gasteiger partial charge in [-0.05, 0) is 81.9 Å². The zero-order valence-electron chi connectivity index (χ0n) is 26.6. The van der Waals surface area contributed by atoms with Gasteiger partial charge in [-0.3, -0.25) is 8.97 Å². The van der Waals surface area contributed by atoms with Gasteiger partial charge in [0.15, 0.2) is 0 Å². The first-order chi connectivity index (χ1) is 21.6. The first-order valence-electron chi connectivity index (χ1n) is 15.6. The Morgan fingerprint density at radius 2 is 1.31 bits per heavy atom. The number of rotatable bonds is 3. The van der Waals surface area contributed by atoms with E-state index in [-0.39, 0.29) is 10.8 Å². The second-order valence-electron chi connectivity index (χ2n) is 14.0. The Morgan fingerprint density at radius 1 is 0.578 bits per heavy atom. The molecule has 0 atom stereocenters. The van der Waals surface area contributed by atoms with Crippen LogP contribution in [0.1, 0.15) is 52.7 Å². The van der Waals surface area contributed by atoms with Gasteiger partial charge < -0.3 is 4.74 Å². The monoisotopic (exact) mass is 588 g/mol. The minimum atomic E-state index is -0.0556. The number of imidazole rings is 1. The molecular formula is C40H36N4O. The Morgan fingerprint density at radius 3 is 2.07 bits per heavy atom. The fourth-order valence-electron chi connectivity index (χ4n) is 7.04. The van der Waals surface area contributed by atoms with Crippen molar-refractivity contribution in [3.63, 3.8) is 0 Å². The lowest BCUT2D eigenvalue weighted by Crippen LogP contribution is -2.22. The molecule has 4 heterocycles. The highest BCUT2D eigenvalue weighted by molar-refractivity contribution is 6.14. The van der Waals surface area contributed by atoms with E-state index in [4.69, 9.17) is 9.72 Å². The Balaban J connectivity index is 1.33. The lowest BCUT2D eigenvalue weighted by atomic mass is 9.73. The maximum atomic E-state index is 6.62. The van der Waals surface area contributed by atoms with Gasteiger partial charge in [0.2, 0.25) is 0 Å². The number of hydrogen-bond acceptors (Lipinski definition) is 3. The quantitative estimate of drug-likeness (QED) is 0.193. The van der Waals surface area contributed by atoms with E-state index < -0.39 is 0 Å². The summed E-state index contributed by atoms with van der Waals surface area (Å²) in [6.45, 7) is 13.9. The van der Waals surface area contributed by atoms with E-state index in [9.17, 15) is 0 Å². The van der Waals surface area contributed by atoms with Crippen LogP contribution in [0.5, 0.6) is 11.5 Å². The van der Waals surface area contributed by atoms with E-state index in [1.165, 1.54) is 32.8 Å². The lowest BCUT2D eigenvalue weighted by molar-refractivity contribution is 0.484. The molecule has 8 aromatic rings. The van der Waals surface area contributed by atoms with Crippen LogP contribution in [0.3, 0.4) is 0 Å². The molecule has 5 nitrogen and oxygen atoms in total. The molecule has 0 N–H and O–H groups in total. The smallest absolute Gasteiger partial charge is 0.145 e. The molecule has 0 spiro atoms. The van der Waals surface area contributed by atoms with Crippen LogP contribution in [-0.4, -0.2) is 18.9 Å². The molecule has 0 unspecified atom stereocenters. The molecule has 5 heteroatoms. The molecular weight excluding hydrogens is 552 g/mol. The summed E-state index contributed by atoms with van der Waals surface area (Å²) < 4.78 is 11.1. The molecule has 0 saturated carbocycles. The SMILES string of the molecule is CC(C)(C)c1ccc2c(c1C(C)(C)C)c1ccc(Oc3ccc4c5ccccc5n(-c5ccccn5)c4c3)cc1c1nccn21. The van der Waals surface area contributed by atoms with Crippen LogP contribution < -0.4 is 4.74 Å². The third-order valence-corrected chi connectivity index (χ3v) is 8.90. The van der Waals surface area contributed by atoms with Crippen LogP contribution in [0.4, 0.5) is 0 Å². The van der Waals surface area contributed by atoms with Gasteiger partial charge in [0.05, 0.1) is 16.6 Å². The molecule has 0 saturated heterocycles. The fourth-order valence-corrected chi connectivity index (χ4v) is 7.04. The molecule has 222 valence electrons. The topological polar surface area (TPSA) is 44.3 Å². The van der Waals surface area contributed by atoms with Crippen molar-refractivity contribution < 1.29 is 4.74 Å². The third-order valence-electron chi connectivity index (χ3n) is 8.90. The molecule has 45 heavy (non-hydrogen) atoms. The standard InChI is InChI=1S/C40H36N4O/c1-39(2,3)31-18-19-33-36(37(31)40(4,5)6)29-17-15-25(23-30(29)38-42-21-22-43(33)38)45-26-14-16-28-27-11-7-8-12-32(27)44(34(28)24-26)35-13-9-10-20-41-35/h7-24H,1-6H3. The number of para-hydroxylation sites is 1. The van der Waals surface area contributed by atoms with Crippen molar-refractivity contribution in [2.75, 3.05) is 0 Å². The summed E-state index contributed by atoms with van der Waals surface area (Å²) in [5.74, 6) is 2.42. The van der Waals surface area contributed by atoms with Gasteiger partial charge in [-0.15, -0.1) is 0 Å². The largest absolute Gasteiger partial charge is 0.457 e. The van der Waals surface area contributed by atoms with Crippen molar-refractivity contribution in [2.45, 2.75) is 52.4 Å². The van der Waals surface area contributed by atoms with Crippen LogP contribution >= 0.6 is 0 Å². The van der Waals surface area contributed by atoms with Crippen LogP contribution in [0, 0.1) is 0 Å². The summed E-state index contributed by atoms with van der Waals surface area (Å²) in [5.41, 5.74) is 6.99. The maximum absolute atomic E-state index is 6.62. The van der Waals surface area contributed by atoms with Crippen molar-refractivity contribution in [3.05, 3.63) is 121 Å². The number of aromatic nitrogens is 4. The summed E-state index contributed by atoms with van der Waals surface area (Å²) in [7, 11) is 0. The predicted octanol–water partition coefficient (Wildman–Crippen LogP) is 10.5. The predicted molar refractivity (Wildman–Crippen MR) is 186 cm³/mol. The van der Waals surface area contributed by atoms with E-state index in [0.717, 1.165) is 44.8 Å². The minimum Gasteiger partial charge on any atom is -0.457 e. The highest BCUT2D eigenvalue weighted by Crippen LogP contribution is 2.43. The lowest BCUT2D eigenvalue weighted by Gasteiger charge is -2.32.